The second-order valence-electron chi connectivity index (χ2n) is 17.0. The molecule has 14 nitrogen and oxygen atoms in total. The average molecular weight is 966 g/mol. The quantitative estimate of drug-likeness (QED) is 0.0595. The van der Waals surface area contributed by atoms with Crippen molar-refractivity contribution in [2.45, 2.75) is 97.4 Å². The molecule has 0 saturated carbocycles. The summed E-state index contributed by atoms with van der Waals surface area (Å²) >= 11 is 13.7. The molecule has 2 aliphatic heterocycles. The fourth-order valence-corrected chi connectivity index (χ4v) is 9.27. The number of carbonyl (C=O) groups is 3. The second-order valence-corrected chi connectivity index (χ2v) is 17.8. The lowest BCUT2D eigenvalue weighted by Gasteiger charge is -2.33. The van der Waals surface area contributed by atoms with Gasteiger partial charge >= 0.3 is 17.9 Å². The van der Waals surface area contributed by atoms with E-state index >= 15 is 0 Å². The third kappa shape index (κ3) is 12.2. The van der Waals surface area contributed by atoms with E-state index in [1.807, 2.05) is 47.9 Å². The first-order chi connectivity index (χ1) is 32.8. The maximum absolute atomic E-state index is 12.2. The van der Waals surface area contributed by atoms with E-state index in [9.17, 15) is 24.6 Å². The van der Waals surface area contributed by atoms with E-state index in [4.69, 9.17) is 53.5 Å². The Morgan fingerprint density at radius 2 is 1.18 bits per heavy atom. The molecule has 2 atom stereocenters. The average Bonchev–Trinajstić information content (AvgIpc) is 3.33. The number of hydrogen-bond acceptors (Lipinski definition) is 11. The summed E-state index contributed by atoms with van der Waals surface area (Å²) in [5.41, 5.74) is 8.27. The number of pyridine rings is 1. The van der Waals surface area contributed by atoms with Crippen molar-refractivity contribution in [3.05, 3.63) is 140 Å². The van der Waals surface area contributed by atoms with E-state index in [1.54, 1.807) is 36.5 Å². The number of halogens is 2. The molecule has 16 heteroatoms. The third-order valence-corrected chi connectivity index (χ3v) is 13.2. The number of ether oxygens (including phenoxy) is 5. The molecule has 0 amide bonds. The Balaban J connectivity index is 1.09. The Bertz CT molecular complexity index is 2690. The number of aliphatic carboxylic acids is 2. The van der Waals surface area contributed by atoms with Gasteiger partial charge in [0.2, 0.25) is 5.69 Å². The minimum atomic E-state index is -0.882. The number of carboxylic acids is 2. The van der Waals surface area contributed by atoms with Crippen LogP contribution in [0.3, 0.4) is 0 Å². The van der Waals surface area contributed by atoms with Gasteiger partial charge in [0, 0.05) is 48.7 Å². The first-order valence-electron chi connectivity index (χ1n) is 22.5. The van der Waals surface area contributed by atoms with Crippen LogP contribution in [0.5, 0.6) is 23.0 Å². The normalized spacial score (nSPS) is 16.4. The van der Waals surface area contributed by atoms with Crippen molar-refractivity contribution in [1.82, 2.24) is 14.8 Å². The number of carbonyl (C=O) groups excluding carboxylic acids is 1. The van der Waals surface area contributed by atoms with Crippen LogP contribution in [0.15, 0.2) is 79.1 Å². The van der Waals surface area contributed by atoms with Crippen LogP contribution in [0, 0.1) is 20.4 Å². The Morgan fingerprint density at radius 1 is 0.676 bits per heavy atom. The lowest BCUT2D eigenvalue weighted by Crippen LogP contribution is -2.44. The highest BCUT2D eigenvalue weighted by atomic mass is 35.5. The Morgan fingerprint density at radius 3 is 1.66 bits per heavy atom. The summed E-state index contributed by atoms with van der Waals surface area (Å²) in [4.78, 5) is 47.8. The topological polar surface area (TPSA) is 162 Å². The van der Waals surface area contributed by atoms with Crippen molar-refractivity contribution in [1.29, 1.82) is 0 Å². The molecule has 7 rings (SSSR count). The number of aromatic nitrogens is 1. The minimum absolute atomic E-state index is 0.124. The van der Waals surface area contributed by atoms with Crippen molar-refractivity contribution < 1.29 is 48.3 Å². The number of methoxy groups -OCH3 is 1. The van der Waals surface area contributed by atoms with Crippen LogP contribution >= 0.6 is 23.2 Å². The zero-order valence-electron chi connectivity index (χ0n) is 38.3. The molecule has 0 spiro atoms. The van der Waals surface area contributed by atoms with Gasteiger partial charge < -0.3 is 33.9 Å². The maximum Gasteiger partial charge on any atom is 0.343 e. The van der Waals surface area contributed by atoms with Crippen molar-refractivity contribution in [3.63, 3.8) is 0 Å². The van der Waals surface area contributed by atoms with Gasteiger partial charge in [0.15, 0.2) is 6.61 Å². The highest BCUT2D eigenvalue weighted by Crippen LogP contribution is 2.39. The lowest BCUT2D eigenvalue weighted by atomic mass is 9.92. The molecule has 3 heterocycles. The first-order valence-corrected chi connectivity index (χ1v) is 23.2. The van der Waals surface area contributed by atoms with Gasteiger partial charge in [-0.25, -0.2) is 9.64 Å². The summed E-state index contributed by atoms with van der Waals surface area (Å²) in [6.45, 7) is 13.4. The molecule has 0 bridgehead atoms. The van der Waals surface area contributed by atoms with E-state index in [2.05, 4.69) is 22.0 Å². The minimum Gasteiger partial charge on any atom is -0.488 e. The first kappa shape index (κ1) is 49.5. The molecule has 356 valence electrons. The van der Waals surface area contributed by atoms with Crippen molar-refractivity contribution >= 4 is 46.8 Å². The summed E-state index contributed by atoms with van der Waals surface area (Å²) in [5.74, 6) is -0.741. The van der Waals surface area contributed by atoms with Gasteiger partial charge in [-0.15, -0.1) is 0 Å². The largest absolute Gasteiger partial charge is 0.488 e. The van der Waals surface area contributed by atoms with Crippen LogP contribution in [-0.4, -0.2) is 81.8 Å². The van der Waals surface area contributed by atoms with Gasteiger partial charge in [0.25, 0.3) is 0 Å². The summed E-state index contributed by atoms with van der Waals surface area (Å²) in [5, 5.41) is 20.5. The molecule has 5 aromatic rings. The molecule has 0 aliphatic carbocycles. The molecule has 0 radical (unpaired) electrons. The lowest BCUT2D eigenvalue weighted by molar-refractivity contribution is -0.145. The van der Waals surface area contributed by atoms with Gasteiger partial charge in [0.05, 0.1) is 23.7 Å². The molecule has 2 aliphatic rings. The zero-order valence-corrected chi connectivity index (χ0v) is 39.8. The summed E-state index contributed by atoms with van der Waals surface area (Å²) < 4.78 is 29.8. The molecular weight excluding hydrogens is 911 g/mol. The third-order valence-electron chi connectivity index (χ3n) is 12.6. The molecular formula is C52H54Cl2N4O10. The number of benzene rings is 4. The van der Waals surface area contributed by atoms with Gasteiger partial charge in [-0.05, 0) is 110 Å². The predicted octanol–water partition coefficient (Wildman–Crippen LogP) is 10.4. The van der Waals surface area contributed by atoms with Crippen LogP contribution in [0.2, 0.25) is 10.0 Å². The molecule has 1 aromatic heterocycles. The smallest absolute Gasteiger partial charge is 0.343 e. The molecule has 68 heavy (non-hydrogen) atoms. The van der Waals surface area contributed by atoms with Crippen molar-refractivity contribution in [3.8, 4) is 34.1 Å². The van der Waals surface area contributed by atoms with Crippen molar-refractivity contribution in [2.75, 3.05) is 26.8 Å². The Hall–Kier alpha value is -6.37. The van der Waals surface area contributed by atoms with Gasteiger partial charge in [-0.2, -0.15) is 0 Å². The van der Waals surface area contributed by atoms with Crippen LogP contribution in [0.4, 0.5) is 5.69 Å². The standard InChI is InChI=1S/C52H54Cl2N4O10/c1-32-35(29-66-48-22-46(65-28-34-19-39(55-3)25-56-24-34)37(20-42(48)53)26-57-17-7-5-15-44(57)51(60)61)11-9-13-40(32)41-14-10-12-36(33(41)2)30-67-49-23-47(68-31-50(59)64-4)38(21-43(49)54)27-58-18-8-6-16-45(58)52(62)63/h9-14,19-25,44-45H,5-8,15-18,26-31H2,1-2,4H3,(H,60,61)(H,62,63)/t44-,45-/m0/s1. The maximum atomic E-state index is 12.2. The van der Waals surface area contributed by atoms with E-state index in [-0.39, 0.29) is 33.0 Å². The monoisotopic (exact) mass is 964 g/mol. The number of piperidine rings is 2. The fourth-order valence-electron chi connectivity index (χ4n) is 8.79. The van der Waals surface area contributed by atoms with Gasteiger partial charge in [0.1, 0.15) is 54.9 Å². The SMILES string of the molecule is [C-]#[N+]c1cncc(COc2cc(OCc3cccc(-c4cccc(COc5cc(OCC(=O)OC)c(CN6CCCC[C@H]6C(=O)O)cc5Cl)c4C)c3C)c(Cl)cc2CN2CCCC[C@H]2C(=O)O)c1. The Kier molecular flexibility index (Phi) is 16.8. The van der Waals surface area contributed by atoms with Crippen LogP contribution < -0.4 is 18.9 Å². The van der Waals surface area contributed by atoms with Crippen molar-refractivity contribution in [2.24, 2.45) is 0 Å². The summed E-state index contributed by atoms with van der Waals surface area (Å²) in [6.07, 6.45) is 7.67. The predicted molar refractivity (Wildman–Crippen MR) is 257 cm³/mol. The van der Waals surface area contributed by atoms with E-state index in [1.165, 1.54) is 13.3 Å². The fraction of sp³-hybridized carbons (Fsp3) is 0.365. The highest BCUT2D eigenvalue weighted by molar-refractivity contribution is 6.32. The van der Waals surface area contributed by atoms with Crippen LogP contribution in [0.25, 0.3) is 16.0 Å². The molecule has 2 saturated heterocycles. The molecule has 2 N–H and O–H groups in total. The number of hydrogen-bond donors (Lipinski definition) is 2. The number of nitrogens with zero attached hydrogens (tertiary/aromatic N) is 4. The van der Waals surface area contributed by atoms with E-state index in [0.717, 1.165) is 64.6 Å². The summed E-state index contributed by atoms with van der Waals surface area (Å²) in [7, 11) is 1.28. The van der Waals surface area contributed by atoms with Crippen LogP contribution in [0.1, 0.15) is 77.5 Å². The molecule has 2 fully saturated rings. The Labute approximate surface area is 406 Å². The van der Waals surface area contributed by atoms with E-state index < -0.39 is 30.0 Å². The number of carboxylic acid groups (broad SMARTS) is 2. The molecule has 0 unspecified atom stereocenters. The van der Waals surface area contributed by atoms with Gasteiger partial charge in [-0.1, -0.05) is 72.4 Å². The van der Waals surface area contributed by atoms with E-state index in [0.29, 0.717) is 82.3 Å². The van der Waals surface area contributed by atoms with Gasteiger partial charge in [-0.3, -0.25) is 24.4 Å². The highest BCUT2D eigenvalue weighted by Gasteiger charge is 2.31. The molecule has 4 aromatic carbocycles. The number of likely N-dealkylation sites (tertiary alicyclic amines) is 2. The number of rotatable bonds is 19. The second kappa shape index (κ2) is 23.1. The van der Waals surface area contributed by atoms with Crippen LogP contribution in [-0.2, 0) is 52.0 Å². The summed E-state index contributed by atoms with van der Waals surface area (Å²) in [6, 6.07) is 19.4. The zero-order chi connectivity index (χ0) is 48.3. The number of esters is 1.